The zero-order chi connectivity index (χ0) is 14.8. The van der Waals surface area contributed by atoms with Crippen molar-refractivity contribution in [3.63, 3.8) is 0 Å². The van der Waals surface area contributed by atoms with Crippen molar-refractivity contribution in [1.29, 1.82) is 0 Å². The summed E-state index contributed by atoms with van der Waals surface area (Å²) in [5.41, 5.74) is 1.54. The Labute approximate surface area is 131 Å². The van der Waals surface area contributed by atoms with E-state index in [1.54, 1.807) is 7.11 Å². The first-order valence-corrected chi connectivity index (χ1v) is 7.39. The van der Waals surface area contributed by atoms with Gasteiger partial charge in [-0.3, -0.25) is 0 Å². The molecule has 0 bridgehead atoms. The highest BCUT2D eigenvalue weighted by atomic mass is 79.9. The van der Waals surface area contributed by atoms with Crippen LogP contribution in [0.15, 0.2) is 40.9 Å². The lowest BCUT2D eigenvalue weighted by Gasteiger charge is -2.22. The van der Waals surface area contributed by atoms with Gasteiger partial charge in [-0.2, -0.15) is 0 Å². The van der Waals surface area contributed by atoms with Crippen LogP contribution in [0.5, 0.6) is 17.2 Å². The third-order valence-corrected chi connectivity index (χ3v) is 3.96. The maximum absolute atomic E-state index is 10.5. The number of methoxy groups -OCH3 is 1. The number of benzene rings is 2. The van der Waals surface area contributed by atoms with Gasteiger partial charge in [0.25, 0.3) is 0 Å². The molecule has 2 aromatic rings. The molecule has 3 rings (SSSR count). The van der Waals surface area contributed by atoms with Crippen molar-refractivity contribution in [3.8, 4) is 17.2 Å². The summed E-state index contributed by atoms with van der Waals surface area (Å²) in [6, 6.07) is 11.0. The van der Waals surface area contributed by atoms with Gasteiger partial charge in [0.1, 0.15) is 25.1 Å². The van der Waals surface area contributed by atoms with E-state index in [-0.39, 0.29) is 0 Å². The van der Waals surface area contributed by atoms with E-state index in [4.69, 9.17) is 14.2 Å². The molecular weight excluding hydrogens is 336 g/mol. The second-order valence-corrected chi connectivity index (χ2v) is 5.56. The first-order chi connectivity index (χ1) is 10.2. The van der Waals surface area contributed by atoms with Crippen LogP contribution in [-0.2, 0) is 0 Å². The maximum atomic E-state index is 10.5. The molecule has 0 fully saturated rings. The molecule has 5 heteroatoms. The van der Waals surface area contributed by atoms with E-state index < -0.39 is 6.10 Å². The van der Waals surface area contributed by atoms with Crippen LogP contribution in [0.25, 0.3) is 0 Å². The molecule has 0 amide bonds. The minimum atomic E-state index is -0.733. The standard InChI is InChI=1S/C16H15BrO4/c1-19-12-4-2-10(3-5-12)15(18)11-8-13(17)16-14(9-11)20-6-7-21-16/h2-5,8-9,15,18H,6-7H2,1H3. The van der Waals surface area contributed by atoms with Crippen molar-refractivity contribution in [3.05, 3.63) is 52.0 Å². The normalized spacial score (nSPS) is 14.6. The third-order valence-electron chi connectivity index (χ3n) is 3.37. The van der Waals surface area contributed by atoms with Crippen LogP contribution in [0.4, 0.5) is 0 Å². The van der Waals surface area contributed by atoms with Crippen molar-refractivity contribution in [2.45, 2.75) is 6.10 Å². The predicted molar refractivity (Wildman–Crippen MR) is 82.2 cm³/mol. The van der Waals surface area contributed by atoms with E-state index in [9.17, 15) is 5.11 Å². The zero-order valence-electron chi connectivity index (χ0n) is 11.5. The summed E-state index contributed by atoms with van der Waals surface area (Å²) in [4.78, 5) is 0. The SMILES string of the molecule is COc1ccc(C(O)c2cc(Br)c3c(c2)OCCO3)cc1. The van der Waals surface area contributed by atoms with Crippen molar-refractivity contribution in [2.75, 3.05) is 20.3 Å². The largest absolute Gasteiger partial charge is 0.497 e. The number of hydrogen-bond donors (Lipinski definition) is 1. The molecule has 1 heterocycles. The first-order valence-electron chi connectivity index (χ1n) is 6.60. The Hall–Kier alpha value is -1.72. The Kier molecular flexibility index (Phi) is 4.03. The Morgan fingerprint density at radius 1 is 1.10 bits per heavy atom. The fourth-order valence-electron chi connectivity index (χ4n) is 2.27. The van der Waals surface area contributed by atoms with Gasteiger partial charge in [0.2, 0.25) is 0 Å². The van der Waals surface area contributed by atoms with Crippen LogP contribution in [-0.4, -0.2) is 25.4 Å². The lowest BCUT2D eigenvalue weighted by atomic mass is 10.0. The molecule has 0 saturated heterocycles. The van der Waals surface area contributed by atoms with Gasteiger partial charge < -0.3 is 19.3 Å². The number of aliphatic hydroxyl groups is 1. The third kappa shape index (κ3) is 2.84. The Balaban J connectivity index is 1.93. The minimum absolute atomic E-state index is 0.515. The lowest BCUT2D eigenvalue weighted by molar-refractivity contribution is 0.168. The van der Waals surface area contributed by atoms with Gasteiger partial charge in [-0.15, -0.1) is 0 Å². The molecule has 110 valence electrons. The van der Waals surface area contributed by atoms with Gasteiger partial charge >= 0.3 is 0 Å². The predicted octanol–water partition coefficient (Wildman–Crippen LogP) is 3.31. The summed E-state index contributed by atoms with van der Waals surface area (Å²) in [5.74, 6) is 2.10. The summed E-state index contributed by atoms with van der Waals surface area (Å²) in [5, 5.41) is 10.5. The van der Waals surface area contributed by atoms with E-state index in [2.05, 4.69) is 15.9 Å². The molecule has 4 nitrogen and oxygen atoms in total. The molecule has 1 aliphatic heterocycles. The average molecular weight is 351 g/mol. The average Bonchev–Trinajstić information content (AvgIpc) is 2.54. The van der Waals surface area contributed by atoms with Crippen LogP contribution in [0.1, 0.15) is 17.2 Å². The second kappa shape index (κ2) is 5.95. The van der Waals surface area contributed by atoms with Crippen LogP contribution in [0.2, 0.25) is 0 Å². The molecule has 0 saturated carbocycles. The Bertz CT molecular complexity index is 639. The van der Waals surface area contributed by atoms with Gasteiger partial charge in [0.15, 0.2) is 11.5 Å². The Morgan fingerprint density at radius 3 is 2.52 bits per heavy atom. The molecule has 0 radical (unpaired) electrons. The van der Waals surface area contributed by atoms with E-state index >= 15 is 0 Å². The smallest absolute Gasteiger partial charge is 0.175 e. The molecule has 1 unspecified atom stereocenters. The van der Waals surface area contributed by atoms with Crippen LogP contribution >= 0.6 is 15.9 Å². The monoisotopic (exact) mass is 350 g/mol. The molecule has 0 spiro atoms. The number of halogens is 1. The van der Waals surface area contributed by atoms with Gasteiger partial charge in [-0.1, -0.05) is 12.1 Å². The van der Waals surface area contributed by atoms with Gasteiger partial charge in [-0.25, -0.2) is 0 Å². The molecule has 1 atom stereocenters. The molecule has 1 N–H and O–H groups in total. The summed E-state index contributed by atoms with van der Waals surface area (Å²) in [7, 11) is 1.61. The summed E-state index contributed by atoms with van der Waals surface area (Å²) < 4.78 is 17.0. The highest BCUT2D eigenvalue weighted by Gasteiger charge is 2.20. The highest BCUT2D eigenvalue weighted by Crippen LogP contribution is 2.40. The number of hydrogen-bond acceptors (Lipinski definition) is 4. The van der Waals surface area contributed by atoms with Crippen molar-refractivity contribution < 1.29 is 19.3 Å². The van der Waals surface area contributed by atoms with E-state index in [1.807, 2.05) is 36.4 Å². The van der Waals surface area contributed by atoms with Crippen LogP contribution in [0.3, 0.4) is 0 Å². The number of ether oxygens (including phenoxy) is 3. The molecular formula is C16H15BrO4. The molecule has 0 aliphatic carbocycles. The van der Waals surface area contributed by atoms with Gasteiger partial charge in [0, 0.05) is 0 Å². The molecule has 21 heavy (non-hydrogen) atoms. The van der Waals surface area contributed by atoms with E-state index in [1.165, 1.54) is 0 Å². The summed E-state index contributed by atoms with van der Waals surface area (Å²) in [6.07, 6.45) is -0.733. The lowest BCUT2D eigenvalue weighted by Crippen LogP contribution is -2.16. The van der Waals surface area contributed by atoms with Crippen molar-refractivity contribution in [1.82, 2.24) is 0 Å². The zero-order valence-corrected chi connectivity index (χ0v) is 13.1. The quantitative estimate of drug-likeness (QED) is 0.922. The summed E-state index contributed by atoms with van der Waals surface area (Å²) >= 11 is 3.46. The Morgan fingerprint density at radius 2 is 1.81 bits per heavy atom. The van der Waals surface area contributed by atoms with Gasteiger partial charge in [0.05, 0.1) is 11.6 Å². The van der Waals surface area contributed by atoms with E-state index in [0.717, 1.165) is 21.3 Å². The number of fused-ring (bicyclic) bond motifs is 1. The fourth-order valence-corrected chi connectivity index (χ4v) is 2.84. The van der Waals surface area contributed by atoms with Crippen LogP contribution < -0.4 is 14.2 Å². The van der Waals surface area contributed by atoms with E-state index in [0.29, 0.717) is 24.7 Å². The van der Waals surface area contributed by atoms with Crippen LogP contribution in [0, 0.1) is 0 Å². The van der Waals surface area contributed by atoms with Crippen molar-refractivity contribution in [2.24, 2.45) is 0 Å². The minimum Gasteiger partial charge on any atom is -0.497 e. The number of aliphatic hydroxyl groups excluding tert-OH is 1. The highest BCUT2D eigenvalue weighted by molar-refractivity contribution is 9.10. The topological polar surface area (TPSA) is 47.9 Å². The summed E-state index contributed by atoms with van der Waals surface area (Å²) in [6.45, 7) is 1.05. The molecule has 0 aromatic heterocycles. The molecule has 2 aromatic carbocycles. The maximum Gasteiger partial charge on any atom is 0.175 e. The van der Waals surface area contributed by atoms with Crippen molar-refractivity contribution >= 4 is 15.9 Å². The number of rotatable bonds is 3. The van der Waals surface area contributed by atoms with Gasteiger partial charge in [-0.05, 0) is 51.3 Å². The first kappa shape index (κ1) is 14.2. The molecule has 1 aliphatic rings. The fraction of sp³-hybridized carbons (Fsp3) is 0.250. The second-order valence-electron chi connectivity index (χ2n) is 4.70.